The number of nitrogens with two attached hydrogens (primary N) is 1. The Kier molecular flexibility index (Phi) is 6.09. The fourth-order valence-electron chi connectivity index (χ4n) is 1.68. The fraction of sp³-hybridized carbons (Fsp3) is 0.125. The van der Waals surface area contributed by atoms with Gasteiger partial charge in [-0.25, -0.2) is 4.79 Å². The molecule has 21 heavy (non-hydrogen) atoms. The number of ether oxygens (including phenoxy) is 1. The molecule has 0 unspecified atom stereocenters. The molecule has 0 fully saturated rings. The lowest BCUT2D eigenvalue weighted by Gasteiger charge is -2.05. The van der Waals surface area contributed by atoms with Crippen LogP contribution in [0.5, 0.6) is 5.75 Å². The van der Waals surface area contributed by atoms with Crippen LogP contribution in [0, 0.1) is 6.92 Å². The summed E-state index contributed by atoms with van der Waals surface area (Å²) in [6.45, 7) is 1.91. The summed E-state index contributed by atoms with van der Waals surface area (Å²) in [6.07, 6.45) is 0. The number of carbonyl (C=O) groups is 2. The lowest BCUT2D eigenvalue weighted by molar-refractivity contribution is 0.0734. The number of halogens is 1. The Labute approximate surface area is 129 Å². The first-order chi connectivity index (χ1) is 9.60. The smallest absolute Gasteiger partial charge is 0.343 e. The van der Waals surface area contributed by atoms with Crippen molar-refractivity contribution in [1.82, 2.24) is 0 Å². The molecule has 2 N–H and O–H groups in total. The number of rotatable bonds is 4. The van der Waals surface area contributed by atoms with E-state index >= 15 is 0 Å². The second kappa shape index (κ2) is 7.57. The van der Waals surface area contributed by atoms with E-state index in [9.17, 15) is 9.59 Å². The third kappa shape index (κ3) is 4.41. The molecule has 0 saturated carbocycles. The predicted octanol–water partition coefficient (Wildman–Crippen LogP) is 2.78. The number of ketones is 1. The lowest BCUT2D eigenvalue weighted by atomic mass is 10.1. The molecule has 0 spiro atoms. The van der Waals surface area contributed by atoms with Crippen molar-refractivity contribution in [1.29, 1.82) is 0 Å². The van der Waals surface area contributed by atoms with Gasteiger partial charge >= 0.3 is 5.97 Å². The van der Waals surface area contributed by atoms with Gasteiger partial charge < -0.3 is 10.5 Å². The van der Waals surface area contributed by atoms with E-state index < -0.39 is 5.97 Å². The van der Waals surface area contributed by atoms with E-state index in [0.29, 0.717) is 16.9 Å². The molecule has 0 aliphatic rings. The van der Waals surface area contributed by atoms with E-state index in [-0.39, 0.29) is 24.7 Å². The van der Waals surface area contributed by atoms with Crippen LogP contribution in [0.4, 0.5) is 0 Å². The van der Waals surface area contributed by atoms with Gasteiger partial charge in [-0.15, -0.1) is 12.4 Å². The molecule has 0 aliphatic carbocycles. The van der Waals surface area contributed by atoms with Gasteiger partial charge in [-0.05, 0) is 43.3 Å². The molecule has 2 aromatic rings. The molecule has 0 heterocycles. The summed E-state index contributed by atoms with van der Waals surface area (Å²) in [4.78, 5) is 23.3. The van der Waals surface area contributed by atoms with E-state index in [1.165, 1.54) is 0 Å². The highest BCUT2D eigenvalue weighted by Crippen LogP contribution is 2.15. The van der Waals surface area contributed by atoms with Gasteiger partial charge in [0.1, 0.15) is 5.75 Å². The minimum absolute atomic E-state index is 0. The number of esters is 1. The Balaban J connectivity index is 0.00000220. The Hall–Kier alpha value is -2.17. The Morgan fingerprint density at radius 1 is 0.952 bits per heavy atom. The number of hydrogen-bond acceptors (Lipinski definition) is 4. The first kappa shape index (κ1) is 16.9. The maximum Gasteiger partial charge on any atom is 0.343 e. The summed E-state index contributed by atoms with van der Waals surface area (Å²) in [6, 6.07) is 13.5. The average molecular weight is 306 g/mol. The van der Waals surface area contributed by atoms with Crippen LogP contribution in [0.15, 0.2) is 48.5 Å². The van der Waals surface area contributed by atoms with Crippen molar-refractivity contribution in [2.24, 2.45) is 5.73 Å². The van der Waals surface area contributed by atoms with Gasteiger partial charge in [0.2, 0.25) is 0 Å². The minimum atomic E-state index is -0.428. The van der Waals surface area contributed by atoms with Gasteiger partial charge in [-0.2, -0.15) is 0 Å². The third-order valence-corrected chi connectivity index (χ3v) is 2.86. The van der Waals surface area contributed by atoms with Crippen molar-refractivity contribution in [3.8, 4) is 5.75 Å². The van der Waals surface area contributed by atoms with Gasteiger partial charge in [-0.1, -0.05) is 17.7 Å². The molecule has 2 aromatic carbocycles. The molecule has 0 amide bonds. The zero-order chi connectivity index (χ0) is 14.5. The Morgan fingerprint density at radius 2 is 1.48 bits per heavy atom. The van der Waals surface area contributed by atoms with Gasteiger partial charge in [0.15, 0.2) is 5.78 Å². The van der Waals surface area contributed by atoms with Gasteiger partial charge in [0.25, 0.3) is 0 Å². The number of hydrogen-bond donors (Lipinski definition) is 1. The summed E-state index contributed by atoms with van der Waals surface area (Å²) >= 11 is 0. The van der Waals surface area contributed by atoms with Crippen LogP contribution in [-0.2, 0) is 0 Å². The normalized spacial score (nSPS) is 9.62. The fourth-order valence-corrected chi connectivity index (χ4v) is 1.68. The summed E-state index contributed by atoms with van der Waals surface area (Å²) in [5.74, 6) is -0.187. The summed E-state index contributed by atoms with van der Waals surface area (Å²) in [5, 5.41) is 0. The van der Waals surface area contributed by atoms with Crippen molar-refractivity contribution in [3.05, 3.63) is 65.2 Å². The van der Waals surface area contributed by atoms with Crippen LogP contribution in [0.2, 0.25) is 0 Å². The quantitative estimate of drug-likeness (QED) is 0.536. The molecule has 0 radical (unpaired) electrons. The Bertz CT molecular complexity index is 621. The number of carbonyl (C=O) groups excluding carboxylic acids is 2. The van der Waals surface area contributed by atoms with Crippen LogP contribution >= 0.6 is 12.4 Å². The van der Waals surface area contributed by atoms with Crippen molar-refractivity contribution in [2.75, 3.05) is 6.54 Å². The predicted molar refractivity (Wildman–Crippen MR) is 83.2 cm³/mol. The second-order valence-electron chi connectivity index (χ2n) is 4.41. The van der Waals surface area contributed by atoms with Gasteiger partial charge in [-0.3, -0.25) is 4.79 Å². The highest BCUT2D eigenvalue weighted by Gasteiger charge is 2.09. The summed E-state index contributed by atoms with van der Waals surface area (Å²) in [7, 11) is 0. The summed E-state index contributed by atoms with van der Waals surface area (Å²) < 4.78 is 5.23. The van der Waals surface area contributed by atoms with E-state index in [0.717, 1.165) is 5.56 Å². The van der Waals surface area contributed by atoms with Gasteiger partial charge in [0.05, 0.1) is 12.1 Å². The molecule has 110 valence electrons. The van der Waals surface area contributed by atoms with Crippen LogP contribution in [-0.4, -0.2) is 18.3 Å². The van der Waals surface area contributed by atoms with Crippen LogP contribution in [0.1, 0.15) is 26.3 Å². The zero-order valence-electron chi connectivity index (χ0n) is 11.5. The molecular weight excluding hydrogens is 290 g/mol. The number of Topliss-reactive ketones (excluding diaryl/α,β-unsaturated/α-hetero) is 1. The first-order valence-electron chi connectivity index (χ1n) is 6.22. The van der Waals surface area contributed by atoms with Gasteiger partial charge in [0, 0.05) is 5.56 Å². The van der Waals surface area contributed by atoms with Crippen molar-refractivity contribution < 1.29 is 14.3 Å². The molecule has 0 bridgehead atoms. The standard InChI is InChI=1S/C16H15NO3.ClH/c1-11-2-4-13(5-3-11)16(19)20-14-8-6-12(7-9-14)15(18)10-17;/h2-9H,10,17H2,1H3;1H. The van der Waals surface area contributed by atoms with Crippen molar-refractivity contribution >= 4 is 24.2 Å². The molecule has 0 saturated heterocycles. The molecule has 0 aliphatic heterocycles. The average Bonchev–Trinajstić information content (AvgIpc) is 2.48. The minimum Gasteiger partial charge on any atom is -0.423 e. The first-order valence-corrected chi connectivity index (χ1v) is 6.22. The maximum absolute atomic E-state index is 11.9. The lowest BCUT2D eigenvalue weighted by Crippen LogP contribution is -2.13. The highest BCUT2D eigenvalue weighted by molar-refractivity contribution is 5.97. The third-order valence-electron chi connectivity index (χ3n) is 2.86. The van der Waals surface area contributed by atoms with E-state index in [2.05, 4.69) is 0 Å². The zero-order valence-corrected chi connectivity index (χ0v) is 12.4. The molecular formula is C16H16ClNO3. The molecule has 2 rings (SSSR count). The second-order valence-corrected chi connectivity index (χ2v) is 4.41. The monoisotopic (exact) mass is 305 g/mol. The molecule has 5 heteroatoms. The number of aryl methyl sites for hydroxylation is 1. The largest absolute Gasteiger partial charge is 0.423 e. The molecule has 0 atom stereocenters. The highest BCUT2D eigenvalue weighted by atomic mass is 35.5. The van der Waals surface area contributed by atoms with Crippen LogP contribution < -0.4 is 10.5 Å². The SMILES string of the molecule is Cc1ccc(C(=O)Oc2ccc(C(=O)CN)cc2)cc1.Cl. The van der Waals surface area contributed by atoms with E-state index in [1.807, 2.05) is 19.1 Å². The maximum atomic E-state index is 11.9. The van der Waals surface area contributed by atoms with Crippen LogP contribution in [0.25, 0.3) is 0 Å². The van der Waals surface area contributed by atoms with E-state index in [4.69, 9.17) is 10.5 Å². The number of benzene rings is 2. The topological polar surface area (TPSA) is 69.4 Å². The van der Waals surface area contributed by atoms with E-state index in [1.54, 1.807) is 36.4 Å². The van der Waals surface area contributed by atoms with Crippen LogP contribution in [0.3, 0.4) is 0 Å². The summed E-state index contributed by atoms with van der Waals surface area (Å²) in [5.41, 5.74) is 7.34. The molecule has 4 nitrogen and oxygen atoms in total. The molecule has 0 aromatic heterocycles. The van der Waals surface area contributed by atoms with Crippen molar-refractivity contribution in [3.63, 3.8) is 0 Å². The Morgan fingerprint density at radius 3 is 2.00 bits per heavy atom. The van der Waals surface area contributed by atoms with Crippen molar-refractivity contribution in [2.45, 2.75) is 6.92 Å².